The van der Waals surface area contributed by atoms with Crippen LogP contribution < -0.4 is 5.73 Å². The number of primary amides is 1. The number of carbonyl (C=O) groups is 3. The molecule has 1 amide bonds. The van der Waals surface area contributed by atoms with Gasteiger partial charge in [-0.25, -0.2) is 0 Å². The van der Waals surface area contributed by atoms with Gasteiger partial charge in [0, 0.05) is 23.3 Å². The first-order chi connectivity index (χ1) is 18.4. The second kappa shape index (κ2) is 9.32. The summed E-state index contributed by atoms with van der Waals surface area (Å²) in [4.78, 5) is 45.6. The van der Waals surface area contributed by atoms with Crippen LogP contribution in [0.1, 0.15) is 41.3 Å². The zero-order valence-electron chi connectivity index (χ0n) is 21.9. The van der Waals surface area contributed by atoms with Gasteiger partial charge in [-0.1, -0.05) is 19.4 Å². The highest BCUT2D eigenvalue weighted by molar-refractivity contribution is 6.25. The van der Waals surface area contributed by atoms with Crippen molar-refractivity contribution < 1.29 is 34.8 Å². The first-order valence-corrected chi connectivity index (χ1v) is 12.9. The first kappa shape index (κ1) is 26.6. The van der Waals surface area contributed by atoms with Gasteiger partial charge < -0.3 is 26.2 Å². The quantitative estimate of drug-likeness (QED) is 0.361. The number of benzene rings is 1. The van der Waals surface area contributed by atoms with E-state index in [1.807, 2.05) is 25.1 Å². The molecule has 0 unspecified atom stereocenters. The molecule has 3 aliphatic rings. The van der Waals surface area contributed by atoms with Gasteiger partial charge in [0.25, 0.3) is 5.91 Å². The molecule has 1 aromatic carbocycles. The van der Waals surface area contributed by atoms with Crippen molar-refractivity contribution in [2.75, 3.05) is 14.1 Å². The fourth-order valence-corrected chi connectivity index (χ4v) is 6.58. The molecule has 0 saturated heterocycles. The van der Waals surface area contributed by atoms with E-state index in [1.54, 1.807) is 26.4 Å². The van der Waals surface area contributed by atoms with Crippen LogP contribution in [0, 0.1) is 11.8 Å². The number of aliphatic hydroxyl groups excluding tert-OH is 2. The molecule has 1 heterocycles. The van der Waals surface area contributed by atoms with E-state index in [-0.39, 0.29) is 29.7 Å². The van der Waals surface area contributed by atoms with Crippen LogP contribution in [0.3, 0.4) is 0 Å². The zero-order valence-corrected chi connectivity index (χ0v) is 21.9. The van der Waals surface area contributed by atoms with Gasteiger partial charge in [0.1, 0.15) is 22.8 Å². The van der Waals surface area contributed by atoms with Crippen molar-refractivity contribution in [3.63, 3.8) is 0 Å². The molecule has 39 heavy (non-hydrogen) atoms. The van der Waals surface area contributed by atoms with Gasteiger partial charge in [0.05, 0.1) is 17.3 Å². The van der Waals surface area contributed by atoms with E-state index in [9.17, 15) is 34.8 Å². The molecule has 0 aliphatic heterocycles. The van der Waals surface area contributed by atoms with Crippen LogP contribution in [0.25, 0.3) is 11.3 Å². The molecule has 10 heteroatoms. The molecule has 0 saturated carbocycles. The third kappa shape index (κ3) is 3.70. The maximum atomic E-state index is 14.1. The van der Waals surface area contributed by atoms with Gasteiger partial charge in [-0.3, -0.25) is 24.3 Å². The Bertz CT molecular complexity index is 1480. The Hall–Kier alpha value is -4.02. The second-order valence-corrected chi connectivity index (χ2v) is 10.7. The lowest BCUT2D eigenvalue weighted by Crippen LogP contribution is -2.63. The summed E-state index contributed by atoms with van der Waals surface area (Å²) in [5.74, 6) is -6.60. The summed E-state index contributed by atoms with van der Waals surface area (Å²) in [6.45, 7) is 1.94. The normalized spacial score (nSPS) is 26.4. The van der Waals surface area contributed by atoms with Crippen molar-refractivity contribution in [3.8, 4) is 17.0 Å². The predicted octanol–water partition coefficient (Wildman–Crippen LogP) is 2.14. The Kier molecular flexibility index (Phi) is 6.35. The largest absolute Gasteiger partial charge is 0.510 e. The summed E-state index contributed by atoms with van der Waals surface area (Å²) in [5, 5.41) is 45.4. The predicted molar refractivity (Wildman–Crippen MR) is 141 cm³/mol. The third-order valence-electron chi connectivity index (χ3n) is 8.26. The van der Waals surface area contributed by atoms with E-state index in [0.29, 0.717) is 35.2 Å². The number of hydrogen-bond donors (Lipinski definition) is 5. The number of pyridine rings is 1. The standard InChI is InChI=1S/C29H31N3O7/c1-4-7-13-10-15(18-8-5-6-9-31-18)16-11-14-12-17-22(32(2)3)25(35)21(28(30)38)27(37)29(17,39)26(36)19(14)24(34)20(16)23(13)33/h5-6,8-10,14,17,22,33,35-36,39H,4,7,11-12H2,1-3H3,(H2,30,38)/t14-,17-,22-,29-/m0/s1. The smallest absolute Gasteiger partial charge is 0.255 e. The van der Waals surface area contributed by atoms with Gasteiger partial charge in [-0.15, -0.1) is 0 Å². The van der Waals surface area contributed by atoms with E-state index in [4.69, 9.17) is 5.73 Å². The van der Waals surface area contributed by atoms with Gasteiger partial charge in [-0.05, 0) is 68.6 Å². The maximum absolute atomic E-state index is 14.1. The molecule has 0 radical (unpaired) electrons. The van der Waals surface area contributed by atoms with Crippen LogP contribution in [-0.4, -0.2) is 73.5 Å². The molecule has 3 aliphatic carbocycles. The molecule has 1 aromatic heterocycles. The van der Waals surface area contributed by atoms with Crippen LogP contribution >= 0.6 is 0 Å². The van der Waals surface area contributed by atoms with Crippen LogP contribution in [-0.2, 0) is 22.4 Å². The molecule has 10 nitrogen and oxygen atoms in total. The highest BCUT2D eigenvalue weighted by Gasteiger charge is 2.63. The summed E-state index contributed by atoms with van der Waals surface area (Å²) >= 11 is 0. The molecule has 4 atom stereocenters. The highest BCUT2D eigenvalue weighted by Crippen LogP contribution is 2.53. The molecular weight excluding hydrogens is 502 g/mol. The Balaban J connectivity index is 1.76. The fraction of sp³-hybridized carbons (Fsp3) is 0.379. The number of Topliss-reactive ketones (excluding diaryl/α,β-unsaturated/α-hetero) is 2. The Labute approximate surface area is 225 Å². The van der Waals surface area contributed by atoms with E-state index in [1.165, 1.54) is 4.90 Å². The van der Waals surface area contributed by atoms with Gasteiger partial charge in [0.15, 0.2) is 11.4 Å². The number of phenols is 1. The highest BCUT2D eigenvalue weighted by atomic mass is 16.3. The lowest BCUT2D eigenvalue weighted by molar-refractivity contribution is -0.148. The number of rotatable bonds is 5. The van der Waals surface area contributed by atoms with E-state index < -0.39 is 58.0 Å². The second-order valence-electron chi connectivity index (χ2n) is 10.7. The number of aromatic nitrogens is 1. The number of aliphatic hydroxyl groups is 3. The van der Waals surface area contributed by atoms with Crippen molar-refractivity contribution in [1.29, 1.82) is 0 Å². The van der Waals surface area contributed by atoms with Crippen LogP contribution in [0.5, 0.6) is 5.75 Å². The average molecular weight is 534 g/mol. The number of hydrogen-bond acceptors (Lipinski definition) is 9. The topological polar surface area (TPSA) is 174 Å². The molecule has 0 bridgehead atoms. The number of amides is 1. The Morgan fingerprint density at radius 1 is 1.21 bits per heavy atom. The zero-order chi connectivity index (χ0) is 28.4. The van der Waals surface area contributed by atoms with Gasteiger partial charge in [-0.2, -0.15) is 0 Å². The summed E-state index contributed by atoms with van der Waals surface area (Å²) in [6, 6.07) is 6.21. The Morgan fingerprint density at radius 2 is 1.92 bits per heavy atom. The number of carbonyl (C=O) groups excluding carboxylic acids is 3. The molecule has 204 valence electrons. The molecule has 0 spiro atoms. The number of phenolic OH excluding ortho intramolecular Hbond substituents is 1. The van der Waals surface area contributed by atoms with E-state index in [2.05, 4.69) is 4.98 Å². The van der Waals surface area contributed by atoms with Gasteiger partial charge >= 0.3 is 0 Å². The van der Waals surface area contributed by atoms with Gasteiger partial charge in [0.2, 0.25) is 5.78 Å². The summed E-state index contributed by atoms with van der Waals surface area (Å²) in [6.07, 6.45) is 3.07. The summed E-state index contributed by atoms with van der Waals surface area (Å²) in [5.41, 5.74) is 4.13. The molecule has 2 aromatic rings. The van der Waals surface area contributed by atoms with Crippen molar-refractivity contribution in [2.24, 2.45) is 17.6 Å². The third-order valence-corrected chi connectivity index (χ3v) is 8.26. The number of fused-ring (bicyclic) bond motifs is 3. The Morgan fingerprint density at radius 3 is 2.51 bits per heavy atom. The molecule has 6 N–H and O–H groups in total. The van der Waals surface area contributed by atoms with Crippen molar-refractivity contribution >= 4 is 17.5 Å². The fourth-order valence-electron chi connectivity index (χ4n) is 6.58. The molecule has 0 fully saturated rings. The first-order valence-electron chi connectivity index (χ1n) is 12.9. The number of nitrogens with two attached hydrogens (primary N) is 1. The molecular formula is C29H31N3O7. The number of aryl methyl sites for hydroxylation is 1. The minimum atomic E-state index is -2.66. The number of likely N-dealkylation sites (N-methyl/N-ethyl adjacent to an activating group) is 1. The maximum Gasteiger partial charge on any atom is 0.255 e. The lowest BCUT2D eigenvalue weighted by Gasteiger charge is -2.50. The SMILES string of the molecule is CCCc1cc(-c2ccccn2)c2c(c1O)C(=O)C1=C(O)[C@]3(O)C(=O)C(C(N)=O)=C(O)[C@@H](N(C)C)[C@@H]3C[C@@H]1C2. The van der Waals surface area contributed by atoms with Crippen molar-refractivity contribution in [1.82, 2.24) is 9.88 Å². The number of ketones is 2. The van der Waals surface area contributed by atoms with Crippen LogP contribution in [0.2, 0.25) is 0 Å². The van der Waals surface area contributed by atoms with E-state index >= 15 is 0 Å². The van der Waals surface area contributed by atoms with E-state index in [0.717, 1.165) is 0 Å². The van der Waals surface area contributed by atoms with Crippen LogP contribution in [0.4, 0.5) is 0 Å². The number of aromatic hydroxyl groups is 1. The number of allylic oxidation sites excluding steroid dienone is 1. The minimum Gasteiger partial charge on any atom is -0.510 e. The monoisotopic (exact) mass is 533 g/mol. The van der Waals surface area contributed by atoms with Crippen LogP contribution in [0.15, 0.2) is 53.1 Å². The number of nitrogens with zero attached hydrogens (tertiary/aromatic N) is 2. The molecule has 5 rings (SSSR count). The van der Waals surface area contributed by atoms with Crippen molar-refractivity contribution in [2.45, 2.75) is 44.2 Å². The average Bonchev–Trinajstić information content (AvgIpc) is 2.88. The summed E-state index contributed by atoms with van der Waals surface area (Å²) in [7, 11) is 3.19. The summed E-state index contributed by atoms with van der Waals surface area (Å²) < 4.78 is 0. The van der Waals surface area contributed by atoms with Crippen molar-refractivity contribution in [3.05, 3.63) is 69.8 Å². The lowest BCUT2D eigenvalue weighted by atomic mass is 9.58. The minimum absolute atomic E-state index is 0.00221.